The molecule has 2 atom stereocenters. The fourth-order valence-electron chi connectivity index (χ4n) is 3.61. The van der Waals surface area contributed by atoms with Gasteiger partial charge in [-0.05, 0) is 41.7 Å². The third-order valence-electron chi connectivity index (χ3n) is 4.85. The molecule has 122 valence electrons. The van der Waals surface area contributed by atoms with Gasteiger partial charge in [-0.15, -0.1) is 0 Å². The molecule has 2 aliphatic rings. The van der Waals surface area contributed by atoms with Gasteiger partial charge >= 0.3 is 0 Å². The number of fused-ring (bicyclic) bond motifs is 1. The van der Waals surface area contributed by atoms with E-state index in [9.17, 15) is 4.79 Å². The van der Waals surface area contributed by atoms with Gasteiger partial charge in [0, 0.05) is 19.0 Å². The molecule has 2 unspecified atom stereocenters. The maximum Gasteiger partial charge on any atom is 0.237 e. The first-order chi connectivity index (χ1) is 11.3. The van der Waals surface area contributed by atoms with Gasteiger partial charge in [0.2, 0.25) is 5.91 Å². The summed E-state index contributed by atoms with van der Waals surface area (Å²) in [7, 11) is 0. The summed E-state index contributed by atoms with van der Waals surface area (Å²) in [6.45, 7) is 2.09. The zero-order chi connectivity index (χ0) is 15.6. The van der Waals surface area contributed by atoms with Crippen molar-refractivity contribution in [3.05, 3.63) is 34.5 Å². The second-order valence-corrected chi connectivity index (χ2v) is 7.06. The summed E-state index contributed by atoms with van der Waals surface area (Å²) in [5.41, 5.74) is 1.28. The summed E-state index contributed by atoms with van der Waals surface area (Å²) in [5.74, 6) is 1.26. The summed E-state index contributed by atoms with van der Waals surface area (Å²) >= 11 is 1.70. The van der Waals surface area contributed by atoms with Crippen LogP contribution in [-0.2, 0) is 17.8 Å². The Morgan fingerprint density at radius 1 is 1.43 bits per heavy atom. The molecule has 0 saturated carbocycles. The zero-order valence-electron chi connectivity index (χ0n) is 13.0. The van der Waals surface area contributed by atoms with Gasteiger partial charge in [0.15, 0.2) is 0 Å². The van der Waals surface area contributed by atoms with E-state index in [1.807, 2.05) is 9.58 Å². The Bertz CT molecular complexity index is 668. The van der Waals surface area contributed by atoms with Crippen LogP contribution in [0.4, 0.5) is 0 Å². The standard InChI is InChI=1S/C16H21N5OS/c22-16(20-6-1-2-14(20)12-5-7-23-10-12)8-17-13-3-4-15-18-11-19-21(15)9-13/h5,7,10-11,13-14,17H,1-4,6,8-9H2. The average Bonchev–Trinajstić information content (AvgIpc) is 3.32. The topological polar surface area (TPSA) is 63.1 Å². The number of carbonyl (C=O) groups is 1. The van der Waals surface area contributed by atoms with Crippen LogP contribution in [-0.4, -0.2) is 44.7 Å². The number of hydrogen-bond donors (Lipinski definition) is 1. The van der Waals surface area contributed by atoms with E-state index in [1.54, 1.807) is 17.7 Å². The van der Waals surface area contributed by atoms with Crippen molar-refractivity contribution in [2.75, 3.05) is 13.1 Å². The van der Waals surface area contributed by atoms with Crippen LogP contribution in [0.3, 0.4) is 0 Å². The van der Waals surface area contributed by atoms with E-state index in [0.717, 1.165) is 44.6 Å². The Labute approximate surface area is 139 Å². The number of carbonyl (C=O) groups excluding carboxylic acids is 1. The summed E-state index contributed by atoms with van der Waals surface area (Å²) in [6, 6.07) is 2.71. The second-order valence-electron chi connectivity index (χ2n) is 6.28. The van der Waals surface area contributed by atoms with Crippen LogP contribution in [0.5, 0.6) is 0 Å². The minimum atomic E-state index is 0.211. The number of rotatable bonds is 4. The highest BCUT2D eigenvalue weighted by Gasteiger charge is 2.30. The van der Waals surface area contributed by atoms with E-state index >= 15 is 0 Å². The quantitative estimate of drug-likeness (QED) is 0.924. The molecule has 1 amide bonds. The van der Waals surface area contributed by atoms with Crippen molar-refractivity contribution in [2.24, 2.45) is 0 Å². The summed E-state index contributed by atoms with van der Waals surface area (Å²) in [5, 5.41) is 11.9. The molecule has 4 rings (SSSR count). The number of thiophene rings is 1. The Morgan fingerprint density at radius 2 is 2.39 bits per heavy atom. The van der Waals surface area contributed by atoms with Crippen molar-refractivity contribution >= 4 is 17.2 Å². The van der Waals surface area contributed by atoms with Crippen molar-refractivity contribution < 1.29 is 4.79 Å². The van der Waals surface area contributed by atoms with Gasteiger partial charge in [0.05, 0.1) is 19.1 Å². The van der Waals surface area contributed by atoms with Gasteiger partial charge < -0.3 is 10.2 Å². The lowest BCUT2D eigenvalue weighted by Crippen LogP contribution is -2.44. The number of aromatic nitrogens is 3. The van der Waals surface area contributed by atoms with Crippen molar-refractivity contribution in [2.45, 2.75) is 44.3 Å². The minimum absolute atomic E-state index is 0.211. The third kappa shape index (κ3) is 3.03. The highest BCUT2D eigenvalue weighted by molar-refractivity contribution is 7.07. The lowest BCUT2D eigenvalue weighted by atomic mass is 10.1. The Morgan fingerprint density at radius 3 is 3.26 bits per heavy atom. The predicted octanol–water partition coefficient (Wildman–Crippen LogP) is 1.61. The molecule has 0 spiro atoms. The smallest absolute Gasteiger partial charge is 0.237 e. The Hall–Kier alpha value is -1.73. The molecule has 1 saturated heterocycles. The lowest BCUT2D eigenvalue weighted by Gasteiger charge is -2.27. The molecular formula is C16H21N5OS. The van der Waals surface area contributed by atoms with Gasteiger partial charge in [-0.2, -0.15) is 16.4 Å². The number of hydrogen-bond acceptors (Lipinski definition) is 5. The number of nitrogens with zero attached hydrogens (tertiary/aromatic N) is 4. The van der Waals surface area contributed by atoms with Crippen LogP contribution < -0.4 is 5.32 Å². The first-order valence-corrected chi connectivity index (χ1v) is 9.17. The SMILES string of the molecule is O=C(CNC1CCc2ncnn2C1)N1CCCC1c1ccsc1. The van der Waals surface area contributed by atoms with Gasteiger partial charge in [-0.25, -0.2) is 9.67 Å². The van der Waals surface area contributed by atoms with Gasteiger partial charge in [-0.1, -0.05) is 0 Å². The molecule has 0 aromatic carbocycles. The van der Waals surface area contributed by atoms with Gasteiger partial charge in [0.25, 0.3) is 0 Å². The number of amides is 1. The molecule has 4 heterocycles. The van der Waals surface area contributed by atoms with E-state index < -0.39 is 0 Å². The first kappa shape index (κ1) is 14.8. The molecule has 2 aromatic rings. The molecule has 1 N–H and O–H groups in total. The fourth-order valence-corrected chi connectivity index (χ4v) is 4.32. The Kier molecular flexibility index (Phi) is 4.13. The molecule has 0 radical (unpaired) electrons. The third-order valence-corrected chi connectivity index (χ3v) is 5.55. The highest BCUT2D eigenvalue weighted by atomic mass is 32.1. The van der Waals surface area contributed by atoms with E-state index in [0.29, 0.717) is 12.6 Å². The van der Waals surface area contributed by atoms with E-state index in [-0.39, 0.29) is 11.9 Å². The average molecular weight is 331 g/mol. The van der Waals surface area contributed by atoms with Crippen LogP contribution in [0, 0.1) is 0 Å². The molecular weight excluding hydrogens is 310 g/mol. The maximum atomic E-state index is 12.6. The number of likely N-dealkylation sites (tertiary alicyclic amines) is 1. The molecule has 2 aromatic heterocycles. The van der Waals surface area contributed by atoms with Crippen molar-refractivity contribution in [3.63, 3.8) is 0 Å². The largest absolute Gasteiger partial charge is 0.335 e. The molecule has 1 fully saturated rings. The molecule has 7 heteroatoms. The van der Waals surface area contributed by atoms with Crippen molar-refractivity contribution in [1.82, 2.24) is 25.0 Å². The Balaban J connectivity index is 1.33. The molecule has 2 aliphatic heterocycles. The van der Waals surface area contributed by atoms with Crippen LogP contribution in [0.15, 0.2) is 23.2 Å². The summed E-state index contributed by atoms with van der Waals surface area (Å²) in [6.07, 6.45) is 5.72. The summed E-state index contributed by atoms with van der Waals surface area (Å²) in [4.78, 5) is 18.9. The second kappa shape index (κ2) is 6.41. The summed E-state index contributed by atoms with van der Waals surface area (Å²) < 4.78 is 1.94. The van der Waals surface area contributed by atoms with Crippen LogP contribution >= 0.6 is 11.3 Å². The monoisotopic (exact) mass is 331 g/mol. The predicted molar refractivity (Wildman–Crippen MR) is 88.1 cm³/mol. The van der Waals surface area contributed by atoms with Gasteiger partial charge in [0.1, 0.15) is 12.2 Å². The molecule has 0 bridgehead atoms. The first-order valence-electron chi connectivity index (χ1n) is 8.23. The van der Waals surface area contributed by atoms with Crippen LogP contribution in [0.1, 0.15) is 36.7 Å². The fraction of sp³-hybridized carbons (Fsp3) is 0.562. The zero-order valence-corrected chi connectivity index (χ0v) is 13.8. The normalized spacial score (nSPS) is 23.9. The van der Waals surface area contributed by atoms with Crippen LogP contribution in [0.25, 0.3) is 0 Å². The molecule has 23 heavy (non-hydrogen) atoms. The highest BCUT2D eigenvalue weighted by Crippen LogP contribution is 2.32. The van der Waals surface area contributed by atoms with E-state index in [1.165, 1.54) is 5.56 Å². The number of nitrogens with one attached hydrogen (secondary N) is 1. The van der Waals surface area contributed by atoms with Gasteiger partial charge in [-0.3, -0.25) is 4.79 Å². The maximum absolute atomic E-state index is 12.6. The van der Waals surface area contributed by atoms with Crippen molar-refractivity contribution in [3.8, 4) is 0 Å². The molecule has 0 aliphatic carbocycles. The van der Waals surface area contributed by atoms with E-state index in [4.69, 9.17) is 0 Å². The minimum Gasteiger partial charge on any atom is -0.335 e. The van der Waals surface area contributed by atoms with Crippen molar-refractivity contribution in [1.29, 1.82) is 0 Å². The molecule has 6 nitrogen and oxygen atoms in total. The number of aryl methyl sites for hydroxylation is 1. The van der Waals surface area contributed by atoms with E-state index in [2.05, 4.69) is 32.2 Å². The van der Waals surface area contributed by atoms with Crippen LogP contribution in [0.2, 0.25) is 0 Å². The lowest BCUT2D eigenvalue weighted by molar-refractivity contribution is -0.131.